The third-order valence-corrected chi connectivity index (χ3v) is 6.02. The van der Waals surface area contributed by atoms with Gasteiger partial charge in [-0.1, -0.05) is 48.7 Å². The van der Waals surface area contributed by atoms with Crippen molar-refractivity contribution < 1.29 is 4.79 Å². The Morgan fingerprint density at radius 1 is 1.36 bits per heavy atom. The normalized spacial score (nSPS) is 16.6. The molecule has 0 bridgehead atoms. The van der Waals surface area contributed by atoms with E-state index < -0.39 is 0 Å². The quantitative estimate of drug-likeness (QED) is 0.793. The Morgan fingerprint density at radius 2 is 2.12 bits per heavy atom. The molecule has 7 heteroatoms. The SMILES string of the molecule is Cc1ccc(-n2cnnc2SC(C)C(=O)NC2CCCCC2)cc1Cl. The van der Waals surface area contributed by atoms with Gasteiger partial charge in [0.1, 0.15) is 6.33 Å². The van der Waals surface area contributed by atoms with Gasteiger partial charge in [-0.25, -0.2) is 0 Å². The van der Waals surface area contributed by atoms with Gasteiger partial charge in [0.25, 0.3) is 0 Å². The molecule has 25 heavy (non-hydrogen) atoms. The molecule has 3 rings (SSSR count). The van der Waals surface area contributed by atoms with E-state index in [-0.39, 0.29) is 11.2 Å². The lowest BCUT2D eigenvalue weighted by atomic mass is 9.95. The molecule has 2 aromatic rings. The van der Waals surface area contributed by atoms with Crippen molar-refractivity contribution in [1.29, 1.82) is 0 Å². The van der Waals surface area contributed by atoms with Crippen LogP contribution in [0.3, 0.4) is 0 Å². The highest BCUT2D eigenvalue weighted by atomic mass is 35.5. The van der Waals surface area contributed by atoms with Crippen molar-refractivity contribution in [1.82, 2.24) is 20.1 Å². The maximum absolute atomic E-state index is 12.5. The molecule has 5 nitrogen and oxygen atoms in total. The van der Waals surface area contributed by atoms with Crippen LogP contribution >= 0.6 is 23.4 Å². The Bertz CT molecular complexity index is 742. The Hall–Kier alpha value is -1.53. The number of aryl methyl sites for hydroxylation is 1. The number of hydrogen-bond donors (Lipinski definition) is 1. The summed E-state index contributed by atoms with van der Waals surface area (Å²) < 4.78 is 1.86. The van der Waals surface area contributed by atoms with Crippen LogP contribution in [0, 0.1) is 6.92 Å². The molecule has 0 spiro atoms. The van der Waals surface area contributed by atoms with Gasteiger partial charge < -0.3 is 5.32 Å². The number of amides is 1. The van der Waals surface area contributed by atoms with Crippen molar-refractivity contribution in [2.24, 2.45) is 0 Å². The van der Waals surface area contributed by atoms with Crippen molar-refractivity contribution in [2.75, 3.05) is 0 Å². The maximum Gasteiger partial charge on any atom is 0.233 e. The Morgan fingerprint density at radius 3 is 2.84 bits per heavy atom. The summed E-state index contributed by atoms with van der Waals surface area (Å²) >= 11 is 7.64. The summed E-state index contributed by atoms with van der Waals surface area (Å²) in [6.45, 7) is 3.87. The van der Waals surface area contributed by atoms with Crippen molar-refractivity contribution in [3.8, 4) is 5.69 Å². The number of rotatable bonds is 5. The van der Waals surface area contributed by atoms with E-state index >= 15 is 0 Å². The van der Waals surface area contributed by atoms with Crippen LogP contribution in [0.5, 0.6) is 0 Å². The van der Waals surface area contributed by atoms with Crippen molar-refractivity contribution in [3.63, 3.8) is 0 Å². The van der Waals surface area contributed by atoms with Crippen molar-refractivity contribution in [2.45, 2.75) is 62.4 Å². The second kappa shape index (κ2) is 8.23. The molecule has 1 heterocycles. The summed E-state index contributed by atoms with van der Waals surface area (Å²) in [6.07, 6.45) is 7.50. The van der Waals surface area contributed by atoms with E-state index in [1.165, 1.54) is 31.0 Å². The molecular formula is C18H23ClN4OS. The number of nitrogens with one attached hydrogen (secondary N) is 1. The highest BCUT2D eigenvalue weighted by molar-refractivity contribution is 8.00. The van der Waals surface area contributed by atoms with E-state index in [0.29, 0.717) is 16.2 Å². The van der Waals surface area contributed by atoms with Crippen LogP contribution in [-0.4, -0.2) is 32.0 Å². The van der Waals surface area contributed by atoms with Crippen molar-refractivity contribution >= 4 is 29.3 Å². The maximum atomic E-state index is 12.5. The number of benzene rings is 1. The molecule has 0 aliphatic heterocycles. The van der Waals surface area contributed by atoms with Gasteiger partial charge in [0, 0.05) is 11.1 Å². The average Bonchev–Trinajstić information content (AvgIpc) is 3.06. The zero-order chi connectivity index (χ0) is 17.8. The fourth-order valence-corrected chi connectivity index (χ4v) is 4.02. The van der Waals surface area contributed by atoms with Gasteiger partial charge in [0.15, 0.2) is 5.16 Å². The average molecular weight is 379 g/mol. The predicted octanol–water partition coefficient (Wildman–Crippen LogP) is 4.16. The minimum absolute atomic E-state index is 0.0633. The second-order valence-electron chi connectivity index (χ2n) is 6.52. The highest BCUT2D eigenvalue weighted by Crippen LogP contribution is 2.27. The molecule has 1 amide bonds. The first-order valence-electron chi connectivity index (χ1n) is 8.68. The first kappa shape index (κ1) is 18.3. The van der Waals surface area contributed by atoms with Crippen LogP contribution in [0.15, 0.2) is 29.7 Å². The molecule has 1 aromatic carbocycles. The fraction of sp³-hybridized carbons (Fsp3) is 0.500. The smallest absolute Gasteiger partial charge is 0.233 e. The third kappa shape index (κ3) is 4.55. The van der Waals surface area contributed by atoms with E-state index in [1.54, 1.807) is 6.33 Å². The lowest BCUT2D eigenvalue weighted by Crippen LogP contribution is -2.40. The lowest BCUT2D eigenvalue weighted by Gasteiger charge is -2.24. The molecule has 1 aromatic heterocycles. The zero-order valence-electron chi connectivity index (χ0n) is 14.5. The van der Waals surface area contributed by atoms with Gasteiger partial charge in [0.05, 0.1) is 10.9 Å². The predicted molar refractivity (Wildman–Crippen MR) is 101 cm³/mol. The summed E-state index contributed by atoms with van der Waals surface area (Å²) in [5.41, 5.74) is 1.91. The zero-order valence-corrected chi connectivity index (χ0v) is 16.1. The number of aromatic nitrogens is 3. The molecule has 1 N–H and O–H groups in total. The minimum Gasteiger partial charge on any atom is -0.352 e. The number of carbonyl (C=O) groups is 1. The van der Waals surface area contributed by atoms with E-state index in [9.17, 15) is 4.79 Å². The third-order valence-electron chi connectivity index (χ3n) is 4.55. The molecule has 1 unspecified atom stereocenters. The number of halogens is 1. The van der Waals surface area contributed by atoms with E-state index in [4.69, 9.17) is 11.6 Å². The molecule has 0 saturated heterocycles. The van der Waals surface area contributed by atoms with E-state index in [2.05, 4.69) is 15.5 Å². The van der Waals surface area contributed by atoms with Gasteiger partial charge in [0.2, 0.25) is 5.91 Å². The molecule has 1 atom stereocenters. The molecule has 1 saturated carbocycles. The number of hydrogen-bond acceptors (Lipinski definition) is 4. The standard InChI is InChI=1S/C18H23ClN4OS/c1-12-8-9-15(10-16(12)19)23-11-20-22-18(23)25-13(2)17(24)21-14-6-4-3-5-7-14/h8-11,13-14H,3-7H2,1-2H3,(H,21,24). The summed E-state index contributed by atoms with van der Waals surface area (Å²) in [4.78, 5) is 12.5. The second-order valence-corrected chi connectivity index (χ2v) is 8.24. The van der Waals surface area contributed by atoms with Crippen LogP contribution < -0.4 is 5.32 Å². The van der Waals surface area contributed by atoms with E-state index in [1.807, 2.05) is 36.6 Å². The van der Waals surface area contributed by atoms with Crippen LogP contribution in [0.1, 0.15) is 44.6 Å². The Labute approximate surface area is 157 Å². The fourth-order valence-electron chi connectivity index (χ4n) is 2.99. The molecule has 1 aliphatic rings. The van der Waals surface area contributed by atoms with Gasteiger partial charge >= 0.3 is 0 Å². The summed E-state index contributed by atoms with van der Waals surface area (Å²) in [7, 11) is 0. The molecule has 134 valence electrons. The largest absolute Gasteiger partial charge is 0.352 e. The summed E-state index contributed by atoms with van der Waals surface area (Å²) in [6, 6.07) is 6.14. The lowest BCUT2D eigenvalue weighted by molar-refractivity contribution is -0.121. The van der Waals surface area contributed by atoms with Crippen LogP contribution in [0.2, 0.25) is 5.02 Å². The molecule has 1 fully saturated rings. The van der Waals surface area contributed by atoms with Gasteiger partial charge in [-0.2, -0.15) is 0 Å². The topological polar surface area (TPSA) is 59.8 Å². The van der Waals surface area contributed by atoms with Gasteiger partial charge in [-0.3, -0.25) is 9.36 Å². The number of nitrogens with zero attached hydrogens (tertiary/aromatic N) is 3. The molecule has 1 aliphatic carbocycles. The first-order chi connectivity index (χ1) is 12.0. The molecule has 0 radical (unpaired) electrons. The summed E-state index contributed by atoms with van der Waals surface area (Å²) in [5.74, 6) is 0.0633. The Balaban J connectivity index is 1.67. The van der Waals surface area contributed by atoms with Gasteiger partial charge in [-0.15, -0.1) is 10.2 Å². The monoisotopic (exact) mass is 378 g/mol. The Kier molecular flexibility index (Phi) is 6.02. The van der Waals surface area contributed by atoms with Crippen molar-refractivity contribution in [3.05, 3.63) is 35.1 Å². The number of carbonyl (C=O) groups excluding carboxylic acids is 1. The minimum atomic E-state index is -0.231. The van der Waals surface area contributed by atoms with Crippen LogP contribution in [0.4, 0.5) is 0 Å². The highest BCUT2D eigenvalue weighted by Gasteiger charge is 2.22. The van der Waals surface area contributed by atoms with Crippen LogP contribution in [0.25, 0.3) is 5.69 Å². The summed E-state index contributed by atoms with van der Waals surface area (Å²) in [5, 5.41) is 12.5. The first-order valence-corrected chi connectivity index (χ1v) is 9.94. The van der Waals surface area contributed by atoms with Crippen LogP contribution in [-0.2, 0) is 4.79 Å². The number of thioether (sulfide) groups is 1. The molecular weight excluding hydrogens is 356 g/mol. The van der Waals surface area contributed by atoms with E-state index in [0.717, 1.165) is 24.1 Å². The van der Waals surface area contributed by atoms with Gasteiger partial charge in [-0.05, 0) is 44.4 Å².